The zero-order valence-electron chi connectivity index (χ0n) is 7.34. The van der Waals surface area contributed by atoms with Crippen LogP contribution in [-0.2, 0) is 11.0 Å². The number of aldehydes is 1. The predicted molar refractivity (Wildman–Crippen MR) is 50.8 cm³/mol. The third-order valence-electron chi connectivity index (χ3n) is 1.98. The molecule has 0 amide bonds. The van der Waals surface area contributed by atoms with Crippen molar-refractivity contribution < 1.29 is 18.0 Å². The van der Waals surface area contributed by atoms with Gasteiger partial charge in [0.25, 0.3) is 0 Å². The van der Waals surface area contributed by atoms with Gasteiger partial charge in [0, 0.05) is 10.6 Å². The zero-order chi connectivity index (χ0) is 11.1. The van der Waals surface area contributed by atoms with E-state index in [1.54, 1.807) is 0 Å². The summed E-state index contributed by atoms with van der Waals surface area (Å²) in [4.78, 5) is 11.1. The minimum Gasteiger partial charge on any atom is -0.366 e. The lowest BCUT2D eigenvalue weighted by molar-refractivity contribution is -0.137. The van der Waals surface area contributed by atoms with Crippen LogP contribution in [0.5, 0.6) is 0 Å². The first-order valence-electron chi connectivity index (χ1n) is 4.10. The van der Waals surface area contributed by atoms with Gasteiger partial charge in [-0.25, -0.2) is 0 Å². The number of anilines is 1. The Balaban J connectivity index is 2.34. The molecule has 1 aliphatic rings. The zero-order valence-corrected chi connectivity index (χ0v) is 8.15. The van der Waals surface area contributed by atoms with Crippen LogP contribution in [0, 0.1) is 0 Å². The number of carbonyl (C=O) groups is 1. The van der Waals surface area contributed by atoms with E-state index in [-0.39, 0.29) is 0 Å². The molecule has 0 fully saturated rings. The number of fused-ring (bicyclic) bond motifs is 1. The third-order valence-corrected chi connectivity index (χ3v) is 3.08. The van der Waals surface area contributed by atoms with E-state index < -0.39 is 17.1 Å². The topological polar surface area (TPSA) is 29.1 Å². The molecule has 15 heavy (non-hydrogen) atoms. The molecule has 0 spiro atoms. The van der Waals surface area contributed by atoms with Gasteiger partial charge in [-0.2, -0.15) is 13.2 Å². The molecule has 1 N–H and O–H groups in total. The molecular formula is C9H6F3NOS. The van der Waals surface area contributed by atoms with Gasteiger partial charge in [0.05, 0.1) is 5.56 Å². The molecule has 1 unspecified atom stereocenters. The molecule has 0 saturated heterocycles. The van der Waals surface area contributed by atoms with Crippen LogP contribution in [0.25, 0.3) is 0 Å². The van der Waals surface area contributed by atoms with Gasteiger partial charge in [0.15, 0.2) is 6.29 Å². The van der Waals surface area contributed by atoms with Crippen molar-refractivity contribution in [2.45, 2.75) is 16.4 Å². The highest BCUT2D eigenvalue weighted by Gasteiger charge is 2.32. The fourth-order valence-corrected chi connectivity index (χ4v) is 2.21. The van der Waals surface area contributed by atoms with Crippen molar-refractivity contribution >= 4 is 23.7 Å². The molecule has 2 nitrogen and oxygen atoms in total. The summed E-state index contributed by atoms with van der Waals surface area (Å²) in [5, 5.41) is 2.21. The maximum atomic E-state index is 12.3. The van der Waals surface area contributed by atoms with Gasteiger partial charge in [-0.1, -0.05) is 11.8 Å². The standard InChI is InChI=1S/C9H6F3NOS/c10-9(11,12)5-1-2-7-6(3-5)13-8(4-14)15-7/h1-4,8,13H. The van der Waals surface area contributed by atoms with Crippen LogP contribution in [0.15, 0.2) is 23.1 Å². The first kappa shape index (κ1) is 10.4. The van der Waals surface area contributed by atoms with E-state index in [0.29, 0.717) is 16.9 Å². The lowest BCUT2D eigenvalue weighted by Crippen LogP contribution is -2.11. The Morgan fingerprint density at radius 2 is 2.13 bits per heavy atom. The summed E-state index contributed by atoms with van der Waals surface area (Å²) in [7, 11) is 0. The first-order valence-corrected chi connectivity index (χ1v) is 4.98. The molecule has 0 aromatic heterocycles. The van der Waals surface area contributed by atoms with E-state index in [1.807, 2.05) is 0 Å². The van der Waals surface area contributed by atoms with Crippen molar-refractivity contribution in [1.82, 2.24) is 0 Å². The number of thioether (sulfide) groups is 1. The van der Waals surface area contributed by atoms with Crippen molar-refractivity contribution in [1.29, 1.82) is 0 Å². The molecular weight excluding hydrogens is 227 g/mol. The Morgan fingerprint density at radius 1 is 1.40 bits per heavy atom. The molecule has 2 rings (SSSR count). The maximum Gasteiger partial charge on any atom is 0.416 e. The van der Waals surface area contributed by atoms with Crippen molar-refractivity contribution in [2.24, 2.45) is 0 Å². The first-order chi connectivity index (χ1) is 7.00. The Bertz CT molecular complexity index is 405. The average Bonchev–Trinajstić information content (AvgIpc) is 2.57. The van der Waals surface area contributed by atoms with E-state index in [0.717, 1.165) is 12.1 Å². The molecule has 0 aliphatic carbocycles. The Morgan fingerprint density at radius 3 is 2.73 bits per heavy atom. The number of halogens is 3. The van der Waals surface area contributed by atoms with Crippen LogP contribution in [-0.4, -0.2) is 11.7 Å². The minimum atomic E-state index is -4.35. The summed E-state index contributed by atoms with van der Waals surface area (Å²) in [6.07, 6.45) is -3.68. The van der Waals surface area contributed by atoms with Gasteiger partial charge in [-0.15, -0.1) is 0 Å². The maximum absolute atomic E-state index is 12.3. The third kappa shape index (κ3) is 1.94. The quantitative estimate of drug-likeness (QED) is 0.756. The van der Waals surface area contributed by atoms with E-state index in [4.69, 9.17) is 0 Å². The summed E-state index contributed by atoms with van der Waals surface area (Å²) in [5.74, 6) is 0. The van der Waals surface area contributed by atoms with Crippen LogP contribution < -0.4 is 5.32 Å². The van der Waals surface area contributed by atoms with Gasteiger partial charge in [0.1, 0.15) is 5.37 Å². The van der Waals surface area contributed by atoms with E-state index >= 15 is 0 Å². The van der Waals surface area contributed by atoms with Crippen LogP contribution in [0.4, 0.5) is 18.9 Å². The summed E-state index contributed by atoms with van der Waals surface area (Å²) < 4.78 is 37.0. The lowest BCUT2D eigenvalue weighted by atomic mass is 10.2. The Labute approximate surface area is 87.9 Å². The summed E-state index contributed by atoms with van der Waals surface area (Å²) in [6, 6.07) is 3.41. The molecule has 0 saturated carbocycles. The molecule has 80 valence electrons. The van der Waals surface area contributed by atoms with Gasteiger partial charge < -0.3 is 10.1 Å². The SMILES string of the molecule is O=CC1Nc2cc(C(F)(F)F)ccc2S1. The predicted octanol–water partition coefficient (Wildman–Crippen LogP) is 2.75. The number of rotatable bonds is 1. The molecule has 1 atom stereocenters. The molecule has 1 heterocycles. The summed E-state index contributed by atoms with van der Waals surface area (Å²) in [6.45, 7) is 0. The van der Waals surface area contributed by atoms with Crippen molar-refractivity contribution in [2.75, 3.05) is 5.32 Å². The van der Waals surface area contributed by atoms with Crippen LogP contribution in [0.3, 0.4) is 0 Å². The number of hydrogen-bond acceptors (Lipinski definition) is 3. The smallest absolute Gasteiger partial charge is 0.366 e. The minimum absolute atomic E-state index is 0.368. The highest BCUT2D eigenvalue weighted by molar-refractivity contribution is 8.01. The van der Waals surface area contributed by atoms with E-state index in [9.17, 15) is 18.0 Å². The lowest BCUT2D eigenvalue weighted by Gasteiger charge is -2.07. The van der Waals surface area contributed by atoms with Crippen LogP contribution in [0.2, 0.25) is 0 Å². The largest absolute Gasteiger partial charge is 0.416 e. The second-order valence-corrected chi connectivity index (χ2v) is 4.21. The second-order valence-electron chi connectivity index (χ2n) is 3.03. The number of nitrogens with one attached hydrogen (secondary N) is 1. The van der Waals surface area contributed by atoms with Gasteiger partial charge >= 0.3 is 6.18 Å². The Hall–Kier alpha value is -1.17. The fourth-order valence-electron chi connectivity index (χ4n) is 1.30. The van der Waals surface area contributed by atoms with E-state index in [2.05, 4.69) is 5.32 Å². The van der Waals surface area contributed by atoms with E-state index in [1.165, 1.54) is 17.8 Å². The highest BCUT2D eigenvalue weighted by Crippen LogP contribution is 2.41. The number of hydrogen-bond donors (Lipinski definition) is 1. The highest BCUT2D eigenvalue weighted by atomic mass is 32.2. The molecule has 1 aromatic rings. The van der Waals surface area contributed by atoms with Gasteiger partial charge in [-0.05, 0) is 18.2 Å². The number of carbonyl (C=O) groups excluding carboxylic acids is 1. The average molecular weight is 233 g/mol. The molecule has 1 aromatic carbocycles. The number of alkyl halides is 3. The Kier molecular flexibility index (Phi) is 2.38. The van der Waals surface area contributed by atoms with Gasteiger partial charge in [-0.3, -0.25) is 0 Å². The molecule has 6 heteroatoms. The fraction of sp³-hybridized carbons (Fsp3) is 0.222. The molecule has 0 bridgehead atoms. The van der Waals surface area contributed by atoms with Crippen LogP contribution in [0.1, 0.15) is 5.56 Å². The van der Waals surface area contributed by atoms with Crippen LogP contribution >= 0.6 is 11.8 Å². The molecule has 0 radical (unpaired) electrons. The summed E-state index contributed by atoms with van der Waals surface area (Å²) in [5.41, 5.74) is -0.340. The number of benzene rings is 1. The van der Waals surface area contributed by atoms with Crippen molar-refractivity contribution in [3.63, 3.8) is 0 Å². The van der Waals surface area contributed by atoms with Gasteiger partial charge in [0.2, 0.25) is 0 Å². The monoisotopic (exact) mass is 233 g/mol. The summed E-state index contributed by atoms with van der Waals surface area (Å²) >= 11 is 1.21. The van der Waals surface area contributed by atoms with Crippen molar-refractivity contribution in [3.8, 4) is 0 Å². The second kappa shape index (κ2) is 3.44. The molecule has 1 aliphatic heterocycles. The normalized spacial score (nSPS) is 19.5. The van der Waals surface area contributed by atoms with Crippen molar-refractivity contribution in [3.05, 3.63) is 23.8 Å².